The van der Waals surface area contributed by atoms with Crippen molar-refractivity contribution in [2.45, 2.75) is 24.4 Å². The first-order valence-electron chi connectivity index (χ1n) is 3.75. The van der Waals surface area contributed by atoms with Crippen LogP contribution in [0, 0.1) is 0 Å². The molecular weight excluding hydrogens is 169 g/mol. The van der Waals surface area contributed by atoms with E-state index in [0.29, 0.717) is 0 Å². The van der Waals surface area contributed by atoms with Gasteiger partial charge in [-0.15, -0.1) is 0 Å². The van der Waals surface area contributed by atoms with E-state index in [1.807, 2.05) is 0 Å². The maximum atomic E-state index is 10.2. The molecule has 0 aromatic rings. The Morgan fingerprint density at radius 2 is 1.75 bits per heavy atom. The average Bonchev–Trinajstić information content (AvgIpc) is 2.12. The van der Waals surface area contributed by atoms with Crippen molar-refractivity contribution in [2.75, 3.05) is 6.61 Å². The van der Waals surface area contributed by atoms with E-state index in [0.717, 1.165) is 0 Å². The zero-order valence-corrected chi connectivity index (χ0v) is 6.16. The van der Waals surface area contributed by atoms with E-state index in [1.165, 1.54) is 0 Å². The topological polar surface area (TPSA) is 118 Å². The molecule has 0 aliphatic heterocycles. The molecule has 72 valence electrons. The van der Waals surface area contributed by atoms with Crippen LogP contribution in [-0.4, -0.2) is 62.8 Å². The summed E-state index contributed by atoms with van der Waals surface area (Å²) < 4.78 is 6.40. The minimum atomic E-state index is -2.09. The molecule has 0 aliphatic rings. The summed E-state index contributed by atoms with van der Waals surface area (Å²) in [7, 11) is 0. The molecule has 0 fully saturated rings. The van der Waals surface area contributed by atoms with Crippen LogP contribution >= 0.6 is 0 Å². The fraction of sp³-hybridized carbons (Fsp3) is 0.833. The smallest absolute Gasteiger partial charge is 0.151 e. The largest absolute Gasteiger partial charge is 0.394 e. The van der Waals surface area contributed by atoms with Crippen LogP contribution in [0.1, 0.15) is 1.37 Å². The predicted molar refractivity (Wildman–Crippen MR) is 37.2 cm³/mol. The summed E-state index contributed by atoms with van der Waals surface area (Å²) in [6.07, 6.45) is -9.07. The lowest BCUT2D eigenvalue weighted by molar-refractivity contribution is -0.136. The van der Waals surface area contributed by atoms with Gasteiger partial charge in [0.1, 0.15) is 25.8 Å². The van der Waals surface area contributed by atoms with Gasteiger partial charge in [0.05, 0.1) is 6.61 Å². The molecule has 0 bridgehead atoms. The second-order valence-corrected chi connectivity index (χ2v) is 2.29. The Morgan fingerprint density at radius 1 is 1.25 bits per heavy atom. The summed E-state index contributed by atoms with van der Waals surface area (Å²) in [4.78, 5) is 10.2. The Bertz CT molecular complexity index is 175. The van der Waals surface area contributed by atoms with E-state index in [9.17, 15) is 4.79 Å². The Morgan fingerprint density at radius 3 is 2.08 bits per heavy atom. The van der Waals surface area contributed by atoms with E-state index in [-0.39, 0.29) is 0 Å². The normalized spacial score (nSPS) is 22.2. The number of hydrogen-bond acceptors (Lipinski definition) is 6. The number of rotatable bonds is 5. The molecule has 6 nitrogen and oxygen atoms in total. The van der Waals surface area contributed by atoms with Crippen LogP contribution in [-0.2, 0) is 4.79 Å². The summed E-state index contributed by atoms with van der Waals surface area (Å²) in [6, 6.07) is 0. The van der Waals surface area contributed by atoms with Gasteiger partial charge in [0, 0.05) is 0 Å². The first kappa shape index (κ1) is 9.56. The van der Waals surface area contributed by atoms with Crippen LogP contribution < -0.4 is 0 Å². The van der Waals surface area contributed by atoms with Crippen molar-refractivity contribution in [1.29, 1.82) is 0 Å². The van der Waals surface area contributed by atoms with Crippen LogP contribution in [0.5, 0.6) is 0 Å². The molecule has 12 heavy (non-hydrogen) atoms. The van der Waals surface area contributed by atoms with E-state index < -0.39 is 37.3 Å². The highest BCUT2D eigenvalue weighted by Crippen LogP contribution is 2.02. The Hall–Kier alpha value is -0.530. The molecule has 5 N–H and O–H groups in total. The summed E-state index contributed by atoms with van der Waals surface area (Å²) in [5.74, 6) is 0. The van der Waals surface area contributed by atoms with Crippen LogP contribution in [0.4, 0.5) is 0 Å². The molecule has 0 heterocycles. The van der Waals surface area contributed by atoms with Crippen LogP contribution in [0.3, 0.4) is 0 Å². The number of aldehydes is 1. The quantitative estimate of drug-likeness (QED) is 0.223. The predicted octanol–water partition coefficient (Wildman–Crippen LogP) is -3.38. The molecule has 0 rings (SSSR count). The van der Waals surface area contributed by atoms with Crippen molar-refractivity contribution in [3.05, 3.63) is 0 Å². The van der Waals surface area contributed by atoms with Gasteiger partial charge >= 0.3 is 0 Å². The first-order chi connectivity index (χ1) is 5.91. The van der Waals surface area contributed by atoms with Gasteiger partial charge in [0.2, 0.25) is 0 Å². The Kier molecular flexibility index (Phi) is 4.12. The fourth-order valence-electron chi connectivity index (χ4n) is 0.592. The van der Waals surface area contributed by atoms with Crippen molar-refractivity contribution in [3.63, 3.8) is 0 Å². The summed E-state index contributed by atoms with van der Waals surface area (Å²) in [6.45, 7) is -0.822. The lowest BCUT2D eigenvalue weighted by atomic mass is 10.1. The lowest BCUT2D eigenvalue weighted by Crippen LogP contribution is -2.46. The van der Waals surface area contributed by atoms with Gasteiger partial charge in [0.25, 0.3) is 0 Å². The summed E-state index contributed by atoms with van der Waals surface area (Å²) in [5, 5.41) is 43.8. The number of aliphatic hydroxyl groups is 5. The summed E-state index contributed by atoms with van der Waals surface area (Å²) in [5.41, 5.74) is 0. The minimum Gasteiger partial charge on any atom is -0.394 e. The molecule has 0 saturated heterocycles. The number of carbonyl (C=O) groups excluding carboxylic acids is 1. The van der Waals surface area contributed by atoms with Gasteiger partial charge < -0.3 is 30.3 Å². The number of aliphatic hydroxyl groups excluding tert-OH is 5. The van der Waals surface area contributed by atoms with E-state index in [4.69, 9.17) is 26.9 Å². The molecule has 0 aliphatic carbocycles. The van der Waals surface area contributed by atoms with Crippen LogP contribution in [0.2, 0.25) is 0 Å². The zero-order valence-electron chi connectivity index (χ0n) is 7.16. The molecule has 0 aromatic heterocycles. The molecular formula is C6H12O6. The number of carbonyl (C=O) groups is 1. The van der Waals surface area contributed by atoms with Gasteiger partial charge in [-0.3, -0.25) is 0 Å². The average molecular weight is 182 g/mol. The molecule has 0 unspecified atom stereocenters. The SMILES string of the molecule is [2H][13C](=O)[C@H](O)[C@@H](O)[C@@H](O)[C@H](O)CO. The van der Waals surface area contributed by atoms with Crippen molar-refractivity contribution >= 4 is 6.26 Å². The third kappa shape index (κ3) is 2.84. The third-order valence-corrected chi connectivity index (χ3v) is 1.38. The van der Waals surface area contributed by atoms with E-state index in [1.54, 1.807) is 0 Å². The first-order valence-corrected chi connectivity index (χ1v) is 3.25. The molecule has 0 aromatic carbocycles. The molecule has 0 saturated carbocycles. The van der Waals surface area contributed by atoms with Gasteiger partial charge in [-0.25, -0.2) is 0 Å². The van der Waals surface area contributed by atoms with Crippen molar-refractivity contribution in [3.8, 4) is 0 Å². The molecule has 0 amide bonds. The van der Waals surface area contributed by atoms with Crippen LogP contribution in [0.25, 0.3) is 0 Å². The van der Waals surface area contributed by atoms with Crippen LogP contribution in [0.15, 0.2) is 0 Å². The molecule has 4 atom stereocenters. The van der Waals surface area contributed by atoms with E-state index >= 15 is 0 Å². The minimum absolute atomic E-state index is 0.822. The lowest BCUT2D eigenvalue weighted by Gasteiger charge is -2.22. The fourth-order valence-corrected chi connectivity index (χ4v) is 0.592. The van der Waals surface area contributed by atoms with Crippen molar-refractivity contribution in [1.82, 2.24) is 0 Å². The Labute approximate surface area is 70.1 Å². The van der Waals surface area contributed by atoms with Crippen molar-refractivity contribution < 1.29 is 31.7 Å². The van der Waals surface area contributed by atoms with Crippen molar-refractivity contribution in [2.24, 2.45) is 0 Å². The van der Waals surface area contributed by atoms with Gasteiger partial charge in [0.15, 0.2) is 6.26 Å². The third-order valence-electron chi connectivity index (χ3n) is 1.38. The molecule has 0 radical (unpaired) electrons. The molecule has 6 heteroatoms. The number of hydrogen-bond donors (Lipinski definition) is 5. The maximum absolute atomic E-state index is 10.2. The standard InChI is InChI=1S/C6H12O6/c7-1-3(9)5(11)6(12)4(10)2-8/h1,3-6,8-12H,2H2/t3-,4+,5+,6-/m0/s1/i1+1D. The van der Waals surface area contributed by atoms with Gasteiger partial charge in [-0.1, -0.05) is 0 Å². The van der Waals surface area contributed by atoms with Gasteiger partial charge in [-0.2, -0.15) is 0 Å². The monoisotopic (exact) mass is 182 g/mol. The zero-order chi connectivity index (χ0) is 10.6. The maximum Gasteiger partial charge on any atom is 0.151 e. The highest BCUT2D eigenvalue weighted by molar-refractivity contribution is 5.56. The second-order valence-electron chi connectivity index (χ2n) is 2.29. The van der Waals surface area contributed by atoms with Gasteiger partial charge in [-0.05, 0) is 0 Å². The second kappa shape index (κ2) is 5.18. The summed E-state index contributed by atoms with van der Waals surface area (Å²) >= 11 is 0. The molecule has 0 spiro atoms. The Balaban J connectivity index is 4.24. The van der Waals surface area contributed by atoms with E-state index in [2.05, 4.69) is 0 Å². The highest BCUT2D eigenvalue weighted by Gasteiger charge is 2.29. The highest BCUT2D eigenvalue weighted by atomic mass is 16.4.